The molecule has 0 aliphatic rings. The predicted molar refractivity (Wildman–Crippen MR) is 100 cm³/mol. The van der Waals surface area contributed by atoms with E-state index in [2.05, 4.69) is 20.8 Å². The molecule has 156 valence electrons. The van der Waals surface area contributed by atoms with E-state index in [1.54, 1.807) is 12.1 Å². The molecule has 27 heavy (non-hydrogen) atoms. The maximum absolute atomic E-state index is 11.4. The molecule has 3 N–H and O–H groups in total. The van der Waals surface area contributed by atoms with Gasteiger partial charge in [0.15, 0.2) is 31.5 Å². The molecule has 0 spiro atoms. The molecular weight excluding hydrogens is 392 g/mol. The van der Waals surface area contributed by atoms with Crippen molar-refractivity contribution in [3.05, 3.63) is 24.5 Å². The van der Waals surface area contributed by atoms with Crippen LogP contribution in [0.5, 0.6) is 5.75 Å². The fourth-order valence-electron chi connectivity index (χ4n) is 2.68. The summed E-state index contributed by atoms with van der Waals surface area (Å²) in [7, 11) is -10.2. The fraction of sp³-hybridized carbons (Fsp3) is 0.706. The molecule has 0 bridgehead atoms. The second-order valence-electron chi connectivity index (χ2n) is 7.44. The van der Waals surface area contributed by atoms with Crippen LogP contribution in [0.4, 0.5) is 0 Å². The van der Waals surface area contributed by atoms with Crippen LogP contribution >= 0.6 is 15.2 Å². The lowest BCUT2D eigenvalue weighted by atomic mass is 9.98. The average Bonchev–Trinajstić information content (AvgIpc) is 2.50. The lowest BCUT2D eigenvalue weighted by Crippen LogP contribution is -2.40. The lowest BCUT2D eigenvalue weighted by molar-refractivity contribution is -0.695. The number of rotatable bonds is 12. The molecule has 10 heteroatoms. The molecule has 0 fully saturated rings. The van der Waals surface area contributed by atoms with Crippen molar-refractivity contribution in [1.29, 1.82) is 0 Å². The fourth-order valence-corrected chi connectivity index (χ4v) is 5.00. The van der Waals surface area contributed by atoms with E-state index >= 15 is 0 Å². The predicted octanol–water partition coefficient (Wildman–Crippen LogP) is 2.25. The Kier molecular flexibility index (Phi) is 9.63. The molecule has 1 aromatic heterocycles. The zero-order chi connectivity index (χ0) is 20.7. The van der Waals surface area contributed by atoms with Crippen molar-refractivity contribution in [2.45, 2.75) is 58.4 Å². The topological polar surface area (TPSA) is 131 Å². The van der Waals surface area contributed by atoms with Crippen molar-refractivity contribution >= 4 is 15.2 Å². The van der Waals surface area contributed by atoms with Crippen molar-refractivity contribution < 1.29 is 38.0 Å². The first-order chi connectivity index (χ1) is 12.4. The molecule has 1 rings (SSSR count). The third-order valence-corrected chi connectivity index (χ3v) is 7.96. The number of pyridine rings is 1. The monoisotopic (exact) mass is 423 g/mol. The smallest absolute Gasteiger partial charge is 0.343 e. The van der Waals surface area contributed by atoms with E-state index in [1.807, 2.05) is 0 Å². The highest BCUT2D eigenvalue weighted by atomic mass is 31.2. The molecule has 0 aliphatic carbocycles. The van der Waals surface area contributed by atoms with Gasteiger partial charge >= 0.3 is 7.60 Å². The van der Waals surface area contributed by atoms with Crippen molar-refractivity contribution in [2.24, 2.45) is 11.8 Å². The summed E-state index contributed by atoms with van der Waals surface area (Å²) < 4.78 is 29.6. The second kappa shape index (κ2) is 10.7. The molecule has 0 saturated carbocycles. The van der Waals surface area contributed by atoms with Crippen molar-refractivity contribution in [1.82, 2.24) is 0 Å². The minimum atomic E-state index is -5.21. The first-order valence-electron chi connectivity index (χ1n) is 9.10. The van der Waals surface area contributed by atoms with Gasteiger partial charge in [0.1, 0.15) is 0 Å². The molecule has 3 atom stereocenters. The molecule has 0 radical (unpaired) electrons. The van der Waals surface area contributed by atoms with Gasteiger partial charge in [0.25, 0.3) is 0 Å². The highest BCUT2D eigenvalue weighted by molar-refractivity contribution is 7.70. The maximum Gasteiger partial charge on any atom is 0.343 e. The van der Waals surface area contributed by atoms with E-state index in [0.29, 0.717) is 24.2 Å². The Morgan fingerprint density at radius 1 is 1.15 bits per heavy atom. The molecule has 0 saturated heterocycles. The van der Waals surface area contributed by atoms with E-state index in [9.17, 15) is 23.8 Å². The number of ether oxygens (including phenoxy) is 1. The van der Waals surface area contributed by atoms with Gasteiger partial charge in [-0.15, -0.1) is 0 Å². The summed E-state index contributed by atoms with van der Waals surface area (Å²) in [5, 5.41) is -2.19. The summed E-state index contributed by atoms with van der Waals surface area (Å²) in [5.41, 5.74) is 0. The Labute approximate surface area is 160 Å². The lowest BCUT2D eigenvalue weighted by Gasteiger charge is -2.25. The van der Waals surface area contributed by atoms with Crippen molar-refractivity contribution in [3.8, 4) is 5.75 Å². The van der Waals surface area contributed by atoms with Gasteiger partial charge in [-0.1, -0.05) is 40.0 Å². The van der Waals surface area contributed by atoms with Crippen LogP contribution in [-0.2, 0) is 15.7 Å². The van der Waals surface area contributed by atoms with E-state index in [-0.39, 0.29) is 0 Å². The van der Waals surface area contributed by atoms with Crippen LogP contribution in [0.1, 0.15) is 46.5 Å². The Morgan fingerprint density at radius 2 is 1.81 bits per heavy atom. The van der Waals surface area contributed by atoms with Crippen LogP contribution < -0.4 is 14.2 Å². The Balaban J connectivity index is 2.59. The molecule has 1 aromatic rings. The van der Waals surface area contributed by atoms with Crippen LogP contribution in [0.2, 0.25) is 0 Å². The van der Waals surface area contributed by atoms with Gasteiger partial charge in [0, 0.05) is 6.07 Å². The molecule has 3 unspecified atom stereocenters. The molecule has 1 heterocycles. The van der Waals surface area contributed by atoms with Gasteiger partial charge in [-0.05, 0) is 24.3 Å². The van der Waals surface area contributed by atoms with E-state index in [1.165, 1.54) is 29.8 Å². The maximum atomic E-state index is 11.4. The van der Waals surface area contributed by atoms with E-state index in [4.69, 9.17) is 9.63 Å². The van der Waals surface area contributed by atoms with E-state index in [0.717, 1.165) is 12.8 Å². The van der Waals surface area contributed by atoms with Gasteiger partial charge in [0.2, 0.25) is 6.20 Å². The quantitative estimate of drug-likeness (QED) is 0.347. The highest BCUT2D eigenvalue weighted by Gasteiger charge is 2.40. The number of nitrogens with zero attached hydrogens (tertiary/aromatic N) is 1. The third kappa shape index (κ3) is 9.84. The zero-order valence-electron chi connectivity index (χ0n) is 16.1. The van der Waals surface area contributed by atoms with Crippen molar-refractivity contribution in [3.63, 3.8) is 0 Å². The van der Waals surface area contributed by atoms with Crippen LogP contribution in [0.25, 0.3) is 0 Å². The minimum Gasteiger partial charge on any atom is -0.778 e. The number of hydrogen-bond acceptors (Lipinski definition) is 4. The van der Waals surface area contributed by atoms with Gasteiger partial charge < -0.3 is 28.9 Å². The summed E-state index contributed by atoms with van der Waals surface area (Å²) in [6.07, 6.45) is 7.32. The summed E-state index contributed by atoms with van der Waals surface area (Å²) in [6.45, 7) is 6.52. The Bertz CT molecular complexity index is 649. The summed E-state index contributed by atoms with van der Waals surface area (Å²) in [6, 6.07) is 3.27. The van der Waals surface area contributed by atoms with E-state index < -0.39 is 27.1 Å². The Morgan fingerprint density at radius 3 is 2.37 bits per heavy atom. The van der Waals surface area contributed by atoms with Crippen LogP contribution in [0.15, 0.2) is 24.5 Å². The Hall–Kier alpha value is -0.750. The molecule has 8 nitrogen and oxygen atoms in total. The first kappa shape index (κ1) is 24.3. The SMILES string of the molecule is CC(C)CCCC(C)CCOc1ccc[n+](CC(P(=O)([O-])O)P(=O)(O)O)c1. The van der Waals surface area contributed by atoms with Gasteiger partial charge in [-0.2, -0.15) is 0 Å². The summed E-state index contributed by atoms with van der Waals surface area (Å²) in [5.74, 6) is 1.70. The summed E-state index contributed by atoms with van der Waals surface area (Å²) >= 11 is 0. The van der Waals surface area contributed by atoms with Gasteiger partial charge in [0.05, 0.1) is 6.61 Å². The third-order valence-electron chi connectivity index (χ3n) is 4.33. The molecular formula is C17H31NO7P2. The largest absolute Gasteiger partial charge is 0.778 e. The average molecular weight is 423 g/mol. The number of aromatic nitrogens is 1. The summed E-state index contributed by atoms with van der Waals surface area (Å²) in [4.78, 5) is 38.8. The number of hydrogen-bond donors (Lipinski definition) is 3. The first-order valence-corrected chi connectivity index (χ1v) is 12.4. The van der Waals surface area contributed by atoms with Crippen LogP contribution in [-0.4, -0.2) is 26.7 Å². The molecule has 0 amide bonds. The van der Waals surface area contributed by atoms with Crippen molar-refractivity contribution in [2.75, 3.05) is 6.61 Å². The zero-order valence-corrected chi connectivity index (χ0v) is 17.9. The molecule has 0 aliphatic heterocycles. The van der Waals surface area contributed by atoms with Gasteiger partial charge in [-0.3, -0.25) is 4.57 Å². The molecule has 0 aromatic carbocycles. The van der Waals surface area contributed by atoms with Gasteiger partial charge in [-0.25, -0.2) is 4.57 Å². The minimum absolute atomic E-state index is 0.468. The standard InChI is InChI=1S/C17H31NO7P2/c1-14(2)6-4-7-15(3)9-11-25-16-8-5-10-18(12-16)13-17(26(19,20)21)27(22,23)24/h5,8,10,12,14-15,17H,4,6-7,9,11,13H2,1-3H3,(H3-,19,20,21,22,23,24). The highest BCUT2D eigenvalue weighted by Crippen LogP contribution is 2.57. The second-order valence-corrected chi connectivity index (χ2v) is 11.4. The van der Waals surface area contributed by atoms with Crippen LogP contribution in [0, 0.1) is 11.8 Å². The van der Waals surface area contributed by atoms with Crippen LogP contribution in [0.3, 0.4) is 0 Å². The normalized spacial score (nSPS) is 16.7.